The molecular formula is C5H11FOS. The van der Waals surface area contributed by atoms with Crippen LogP contribution in [0, 0.1) is 0 Å². The van der Waals surface area contributed by atoms with Gasteiger partial charge in [-0.15, -0.1) is 0 Å². The fourth-order valence-electron chi connectivity index (χ4n) is 0.308. The zero-order valence-corrected chi connectivity index (χ0v) is 5.96. The highest BCUT2D eigenvalue weighted by molar-refractivity contribution is 7.95. The van der Waals surface area contributed by atoms with Crippen molar-refractivity contribution in [1.82, 2.24) is 0 Å². The minimum absolute atomic E-state index is 0.0594. The third-order valence-corrected chi connectivity index (χ3v) is 1.54. The van der Waals surface area contributed by atoms with Crippen molar-refractivity contribution in [3.63, 3.8) is 0 Å². The van der Waals surface area contributed by atoms with Gasteiger partial charge in [0.2, 0.25) is 0 Å². The lowest BCUT2D eigenvalue weighted by Gasteiger charge is -2.15. The predicted octanol–water partition coefficient (Wildman–Crippen LogP) is 1.77. The van der Waals surface area contributed by atoms with Crippen LogP contribution in [0.4, 0.5) is 3.89 Å². The van der Waals surface area contributed by atoms with Crippen molar-refractivity contribution >= 4 is 12.1 Å². The van der Waals surface area contributed by atoms with E-state index in [9.17, 15) is 3.89 Å². The van der Waals surface area contributed by atoms with E-state index >= 15 is 0 Å². The minimum Gasteiger partial charge on any atom is -0.396 e. The Morgan fingerprint density at radius 3 is 2.25 bits per heavy atom. The summed E-state index contributed by atoms with van der Waals surface area (Å²) in [6.07, 6.45) is 0.508. The number of aliphatic hydroxyl groups is 1. The van der Waals surface area contributed by atoms with Gasteiger partial charge < -0.3 is 5.11 Å². The Morgan fingerprint density at radius 2 is 2.12 bits per heavy atom. The van der Waals surface area contributed by atoms with E-state index in [1.807, 2.05) is 0 Å². The number of hydrogen-bond acceptors (Lipinski definition) is 2. The second-order valence-corrected chi connectivity index (χ2v) is 3.57. The smallest absolute Gasteiger partial charge is 0.0506 e. The molecule has 0 aromatic heterocycles. The first-order valence-corrected chi connectivity index (χ1v) is 3.25. The summed E-state index contributed by atoms with van der Waals surface area (Å²) >= 11 is 0.292. The zero-order valence-electron chi connectivity index (χ0n) is 5.15. The van der Waals surface area contributed by atoms with Crippen LogP contribution >= 0.6 is 12.1 Å². The minimum atomic E-state index is -0.408. The van der Waals surface area contributed by atoms with Gasteiger partial charge >= 0.3 is 0 Å². The molecule has 0 aliphatic rings. The van der Waals surface area contributed by atoms with Crippen molar-refractivity contribution in [3.05, 3.63) is 0 Å². The summed E-state index contributed by atoms with van der Waals surface area (Å²) in [6.45, 7) is 3.58. The normalized spacial score (nSPS) is 12.0. The molecule has 1 N–H and O–H groups in total. The molecule has 0 saturated heterocycles. The lowest BCUT2D eigenvalue weighted by Crippen LogP contribution is -2.14. The molecule has 0 amide bonds. The fraction of sp³-hybridized carbons (Fsp3) is 1.00. The first kappa shape index (κ1) is 8.24. The summed E-state index contributed by atoms with van der Waals surface area (Å²) in [7, 11) is 0. The van der Waals surface area contributed by atoms with E-state index in [0.29, 0.717) is 18.6 Å². The van der Waals surface area contributed by atoms with Crippen LogP contribution in [-0.2, 0) is 0 Å². The molecule has 0 aliphatic heterocycles. The average Bonchev–Trinajstić information content (AvgIpc) is 1.67. The van der Waals surface area contributed by atoms with Crippen molar-refractivity contribution in [2.75, 3.05) is 6.61 Å². The van der Waals surface area contributed by atoms with Crippen LogP contribution in [0.1, 0.15) is 20.3 Å². The predicted molar refractivity (Wildman–Crippen MR) is 34.5 cm³/mol. The highest BCUT2D eigenvalue weighted by Crippen LogP contribution is 2.27. The van der Waals surface area contributed by atoms with Gasteiger partial charge in [0.25, 0.3) is 0 Å². The lowest BCUT2D eigenvalue weighted by atomic mass is 10.1. The average molecular weight is 138 g/mol. The zero-order chi connectivity index (χ0) is 6.62. The highest BCUT2D eigenvalue weighted by Gasteiger charge is 2.17. The van der Waals surface area contributed by atoms with Crippen LogP contribution in [0.25, 0.3) is 0 Å². The standard InChI is InChI=1S/C5H11FOS/c1-5(2,8-6)3-4-7/h7H,3-4H2,1-2H3. The molecule has 3 heteroatoms. The van der Waals surface area contributed by atoms with E-state index in [1.165, 1.54) is 0 Å². The molecule has 0 aromatic rings. The van der Waals surface area contributed by atoms with Crippen LogP contribution in [-0.4, -0.2) is 16.5 Å². The molecule has 0 unspecified atom stereocenters. The summed E-state index contributed by atoms with van der Waals surface area (Å²) in [5, 5.41) is 8.35. The maximum absolute atomic E-state index is 11.8. The molecule has 0 aromatic carbocycles. The van der Waals surface area contributed by atoms with E-state index < -0.39 is 4.75 Å². The van der Waals surface area contributed by atoms with E-state index in [2.05, 4.69) is 0 Å². The molecule has 0 rings (SSSR count). The van der Waals surface area contributed by atoms with Crippen LogP contribution in [0.3, 0.4) is 0 Å². The van der Waals surface area contributed by atoms with Gasteiger partial charge in [0.15, 0.2) is 0 Å². The van der Waals surface area contributed by atoms with E-state index in [4.69, 9.17) is 5.11 Å². The highest BCUT2D eigenvalue weighted by atomic mass is 32.2. The molecule has 1 nitrogen and oxygen atoms in total. The van der Waals surface area contributed by atoms with Crippen molar-refractivity contribution < 1.29 is 8.99 Å². The maximum atomic E-state index is 11.8. The molecule has 0 bridgehead atoms. The monoisotopic (exact) mass is 138 g/mol. The van der Waals surface area contributed by atoms with Crippen molar-refractivity contribution in [3.8, 4) is 0 Å². The molecule has 0 fully saturated rings. The first-order chi connectivity index (χ1) is 3.62. The maximum Gasteiger partial charge on any atom is 0.0506 e. The van der Waals surface area contributed by atoms with Gasteiger partial charge in [-0.2, -0.15) is 3.89 Å². The molecule has 8 heavy (non-hydrogen) atoms. The fourth-order valence-corrected chi connectivity index (χ4v) is 0.476. The van der Waals surface area contributed by atoms with Crippen LogP contribution < -0.4 is 0 Å². The molecule has 0 atom stereocenters. The molecule has 0 saturated carbocycles. The van der Waals surface area contributed by atoms with E-state index in [-0.39, 0.29) is 6.61 Å². The van der Waals surface area contributed by atoms with Gasteiger partial charge in [0.05, 0.1) is 12.1 Å². The van der Waals surface area contributed by atoms with Crippen molar-refractivity contribution in [2.24, 2.45) is 0 Å². The van der Waals surface area contributed by atoms with Crippen LogP contribution in [0.5, 0.6) is 0 Å². The van der Waals surface area contributed by atoms with Gasteiger partial charge in [-0.05, 0) is 20.3 Å². The Kier molecular flexibility index (Phi) is 3.40. The van der Waals surface area contributed by atoms with Crippen molar-refractivity contribution in [1.29, 1.82) is 0 Å². The van der Waals surface area contributed by atoms with E-state index in [1.54, 1.807) is 13.8 Å². The van der Waals surface area contributed by atoms with E-state index in [0.717, 1.165) is 0 Å². The van der Waals surface area contributed by atoms with Gasteiger partial charge in [-0.1, -0.05) is 0 Å². The van der Waals surface area contributed by atoms with Gasteiger partial charge in [0.1, 0.15) is 0 Å². The Hall–Kier alpha value is 0.240. The molecule has 50 valence electrons. The summed E-state index contributed by atoms with van der Waals surface area (Å²) in [5.74, 6) is 0. The Balaban J connectivity index is 3.37. The topological polar surface area (TPSA) is 20.2 Å². The molecule has 0 heterocycles. The Bertz CT molecular complexity index is 65.4. The van der Waals surface area contributed by atoms with Gasteiger partial charge in [-0.25, -0.2) is 0 Å². The molecule has 0 aliphatic carbocycles. The summed E-state index contributed by atoms with van der Waals surface area (Å²) in [5.41, 5.74) is 0. The van der Waals surface area contributed by atoms with Gasteiger partial charge in [0, 0.05) is 11.4 Å². The molecular weight excluding hydrogens is 127 g/mol. The summed E-state index contributed by atoms with van der Waals surface area (Å²) in [6, 6.07) is 0. The quantitative estimate of drug-likeness (QED) is 0.641. The van der Waals surface area contributed by atoms with Crippen molar-refractivity contribution in [2.45, 2.75) is 25.0 Å². The van der Waals surface area contributed by atoms with Crippen LogP contribution in [0.2, 0.25) is 0 Å². The number of aliphatic hydroxyl groups excluding tert-OH is 1. The Labute approximate surface area is 53.6 Å². The summed E-state index contributed by atoms with van der Waals surface area (Å²) in [4.78, 5) is 0. The molecule has 0 radical (unpaired) electrons. The second kappa shape index (κ2) is 3.30. The number of rotatable bonds is 3. The first-order valence-electron chi connectivity index (χ1n) is 2.53. The largest absolute Gasteiger partial charge is 0.396 e. The lowest BCUT2D eigenvalue weighted by molar-refractivity contribution is 0.274. The van der Waals surface area contributed by atoms with Crippen LogP contribution in [0.15, 0.2) is 0 Å². The Morgan fingerprint density at radius 1 is 1.62 bits per heavy atom. The van der Waals surface area contributed by atoms with Gasteiger partial charge in [-0.3, -0.25) is 0 Å². The second-order valence-electron chi connectivity index (χ2n) is 2.31. The third-order valence-electron chi connectivity index (χ3n) is 0.923. The third kappa shape index (κ3) is 3.27. The molecule has 0 spiro atoms. The number of hydrogen-bond donors (Lipinski definition) is 1. The summed E-state index contributed by atoms with van der Waals surface area (Å²) < 4.78 is 11.4. The SMILES string of the molecule is CC(C)(CCO)SF. The number of halogens is 1.